The average molecular weight is 383 g/mol. The predicted molar refractivity (Wildman–Crippen MR) is 106 cm³/mol. The SMILES string of the molecule is O=C(CC(=O)N1CCN(Cc2ccccc2)CC1)NCCc1ccc(F)cc1. The molecular weight excluding hydrogens is 357 g/mol. The van der Waals surface area contributed by atoms with Crippen molar-refractivity contribution in [3.63, 3.8) is 0 Å². The Bertz CT molecular complexity index is 772. The molecule has 6 heteroatoms. The molecule has 1 aliphatic heterocycles. The zero-order valence-electron chi connectivity index (χ0n) is 15.9. The fraction of sp³-hybridized carbons (Fsp3) is 0.364. The molecule has 0 bridgehead atoms. The molecule has 0 saturated carbocycles. The zero-order valence-corrected chi connectivity index (χ0v) is 15.9. The van der Waals surface area contributed by atoms with Crippen molar-refractivity contribution >= 4 is 11.8 Å². The number of carbonyl (C=O) groups is 2. The highest BCUT2D eigenvalue weighted by atomic mass is 19.1. The van der Waals surface area contributed by atoms with Crippen LogP contribution in [0.15, 0.2) is 54.6 Å². The standard InChI is InChI=1S/C22H26FN3O2/c23-20-8-6-18(7-9-20)10-11-24-21(27)16-22(28)26-14-12-25(13-15-26)17-19-4-2-1-3-5-19/h1-9H,10-17H2,(H,24,27). The monoisotopic (exact) mass is 383 g/mol. The lowest BCUT2D eigenvalue weighted by Crippen LogP contribution is -2.49. The van der Waals surface area contributed by atoms with E-state index < -0.39 is 0 Å². The first-order valence-electron chi connectivity index (χ1n) is 9.65. The second kappa shape index (κ2) is 9.99. The van der Waals surface area contributed by atoms with Gasteiger partial charge in [0.05, 0.1) is 0 Å². The summed E-state index contributed by atoms with van der Waals surface area (Å²) in [5, 5.41) is 2.77. The molecule has 0 unspecified atom stereocenters. The van der Waals surface area contributed by atoms with Crippen molar-refractivity contribution in [2.24, 2.45) is 0 Å². The van der Waals surface area contributed by atoms with Gasteiger partial charge in [-0.1, -0.05) is 42.5 Å². The van der Waals surface area contributed by atoms with Crippen molar-refractivity contribution in [1.82, 2.24) is 15.1 Å². The molecule has 2 aromatic carbocycles. The van der Waals surface area contributed by atoms with Crippen molar-refractivity contribution in [3.05, 3.63) is 71.5 Å². The number of nitrogens with zero attached hydrogens (tertiary/aromatic N) is 2. The Morgan fingerprint density at radius 3 is 2.25 bits per heavy atom. The summed E-state index contributed by atoms with van der Waals surface area (Å²) in [7, 11) is 0. The van der Waals surface area contributed by atoms with Crippen LogP contribution in [0.5, 0.6) is 0 Å². The molecule has 0 radical (unpaired) electrons. The highest BCUT2D eigenvalue weighted by molar-refractivity contribution is 5.96. The number of benzene rings is 2. The lowest BCUT2D eigenvalue weighted by Gasteiger charge is -2.34. The number of rotatable bonds is 7. The van der Waals surface area contributed by atoms with E-state index in [1.54, 1.807) is 17.0 Å². The molecule has 1 fully saturated rings. The van der Waals surface area contributed by atoms with Gasteiger partial charge in [0, 0.05) is 39.3 Å². The summed E-state index contributed by atoms with van der Waals surface area (Å²) < 4.78 is 12.9. The number of hydrogen-bond acceptors (Lipinski definition) is 3. The summed E-state index contributed by atoms with van der Waals surface area (Å²) in [6, 6.07) is 16.5. The normalized spacial score (nSPS) is 14.7. The third-order valence-corrected chi connectivity index (χ3v) is 4.93. The van der Waals surface area contributed by atoms with Crippen molar-refractivity contribution in [2.75, 3.05) is 32.7 Å². The Balaban J connectivity index is 1.34. The molecule has 28 heavy (non-hydrogen) atoms. The molecule has 2 amide bonds. The summed E-state index contributed by atoms with van der Waals surface area (Å²) in [4.78, 5) is 28.5. The summed E-state index contributed by atoms with van der Waals surface area (Å²) >= 11 is 0. The number of amides is 2. The maximum Gasteiger partial charge on any atom is 0.232 e. The summed E-state index contributed by atoms with van der Waals surface area (Å²) in [5.41, 5.74) is 2.21. The first-order chi connectivity index (χ1) is 13.6. The molecule has 2 aromatic rings. The van der Waals surface area contributed by atoms with Crippen LogP contribution in [0.25, 0.3) is 0 Å². The number of piperazine rings is 1. The minimum atomic E-state index is -0.276. The molecule has 1 saturated heterocycles. The highest BCUT2D eigenvalue weighted by Crippen LogP contribution is 2.09. The van der Waals surface area contributed by atoms with E-state index in [0.717, 1.165) is 25.2 Å². The lowest BCUT2D eigenvalue weighted by atomic mass is 10.1. The van der Waals surface area contributed by atoms with Crippen LogP contribution in [0.2, 0.25) is 0 Å². The Kier molecular flexibility index (Phi) is 7.14. The van der Waals surface area contributed by atoms with E-state index in [1.807, 2.05) is 18.2 Å². The highest BCUT2D eigenvalue weighted by Gasteiger charge is 2.22. The number of hydrogen-bond donors (Lipinski definition) is 1. The van der Waals surface area contributed by atoms with Crippen LogP contribution in [-0.2, 0) is 22.6 Å². The summed E-state index contributed by atoms with van der Waals surface area (Å²) in [6.45, 7) is 4.23. The van der Waals surface area contributed by atoms with E-state index in [0.29, 0.717) is 26.1 Å². The quantitative estimate of drug-likeness (QED) is 0.746. The average Bonchev–Trinajstić information content (AvgIpc) is 2.71. The fourth-order valence-corrected chi connectivity index (χ4v) is 3.31. The Morgan fingerprint density at radius 1 is 0.893 bits per heavy atom. The van der Waals surface area contributed by atoms with Gasteiger partial charge in [-0.15, -0.1) is 0 Å². The van der Waals surface area contributed by atoms with Gasteiger partial charge in [0.15, 0.2) is 0 Å². The van der Waals surface area contributed by atoms with E-state index in [4.69, 9.17) is 0 Å². The number of nitrogens with one attached hydrogen (secondary N) is 1. The maximum atomic E-state index is 12.9. The number of halogens is 1. The van der Waals surface area contributed by atoms with Crippen LogP contribution >= 0.6 is 0 Å². The maximum absolute atomic E-state index is 12.9. The van der Waals surface area contributed by atoms with Gasteiger partial charge in [-0.05, 0) is 29.7 Å². The minimum Gasteiger partial charge on any atom is -0.355 e. The van der Waals surface area contributed by atoms with Gasteiger partial charge in [0.1, 0.15) is 12.2 Å². The van der Waals surface area contributed by atoms with E-state index >= 15 is 0 Å². The van der Waals surface area contributed by atoms with Crippen molar-refractivity contribution in [3.8, 4) is 0 Å². The third-order valence-electron chi connectivity index (χ3n) is 4.93. The zero-order chi connectivity index (χ0) is 19.8. The molecule has 1 N–H and O–H groups in total. The van der Waals surface area contributed by atoms with Gasteiger partial charge in [-0.25, -0.2) is 4.39 Å². The van der Waals surface area contributed by atoms with Crippen molar-refractivity contribution < 1.29 is 14.0 Å². The fourth-order valence-electron chi connectivity index (χ4n) is 3.31. The first kappa shape index (κ1) is 20.0. The largest absolute Gasteiger partial charge is 0.355 e. The van der Waals surface area contributed by atoms with Crippen molar-refractivity contribution in [1.29, 1.82) is 0 Å². The second-order valence-corrected chi connectivity index (χ2v) is 7.05. The summed E-state index contributed by atoms with van der Waals surface area (Å²) in [5.74, 6) is -0.667. The predicted octanol–water partition coefficient (Wildman–Crippen LogP) is 2.22. The van der Waals surface area contributed by atoms with E-state index in [1.165, 1.54) is 17.7 Å². The van der Waals surface area contributed by atoms with E-state index in [2.05, 4.69) is 22.3 Å². The molecule has 0 atom stereocenters. The molecule has 0 aromatic heterocycles. The molecule has 1 aliphatic rings. The van der Waals surface area contributed by atoms with Crippen LogP contribution in [0, 0.1) is 5.82 Å². The molecule has 3 rings (SSSR count). The lowest BCUT2D eigenvalue weighted by molar-refractivity contribution is -0.137. The molecular formula is C22H26FN3O2. The Hall–Kier alpha value is -2.73. The van der Waals surface area contributed by atoms with E-state index in [9.17, 15) is 14.0 Å². The summed E-state index contributed by atoms with van der Waals surface area (Å²) in [6.07, 6.45) is 0.487. The van der Waals surface area contributed by atoms with Gasteiger partial charge in [0.2, 0.25) is 11.8 Å². The third kappa shape index (κ3) is 6.16. The Morgan fingerprint density at radius 2 is 1.57 bits per heavy atom. The smallest absolute Gasteiger partial charge is 0.232 e. The molecule has 1 heterocycles. The second-order valence-electron chi connectivity index (χ2n) is 7.05. The molecule has 0 aliphatic carbocycles. The van der Waals surface area contributed by atoms with Crippen LogP contribution in [-0.4, -0.2) is 54.3 Å². The first-order valence-corrected chi connectivity index (χ1v) is 9.65. The topological polar surface area (TPSA) is 52.7 Å². The van der Waals surface area contributed by atoms with Gasteiger partial charge in [-0.3, -0.25) is 14.5 Å². The molecule has 0 spiro atoms. The minimum absolute atomic E-state index is 0.123. The molecule has 5 nitrogen and oxygen atoms in total. The van der Waals surface area contributed by atoms with Gasteiger partial charge in [-0.2, -0.15) is 0 Å². The number of carbonyl (C=O) groups excluding carboxylic acids is 2. The Labute approximate surface area is 165 Å². The van der Waals surface area contributed by atoms with Gasteiger partial charge in [0.25, 0.3) is 0 Å². The van der Waals surface area contributed by atoms with E-state index in [-0.39, 0.29) is 24.1 Å². The molecule has 148 valence electrons. The van der Waals surface area contributed by atoms with Gasteiger partial charge < -0.3 is 10.2 Å². The van der Waals surface area contributed by atoms with Crippen LogP contribution in [0.3, 0.4) is 0 Å². The van der Waals surface area contributed by atoms with Crippen LogP contribution in [0.1, 0.15) is 17.5 Å². The van der Waals surface area contributed by atoms with Crippen molar-refractivity contribution in [2.45, 2.75) is 19.4 Å². The van der Waals surface area contributed by atoms with Crippen LogP contribution < -0.4 is 5.32 Å². The van der Waals surface area contributed by atoms with Gasteiger partial charge >= 0.3 is 0 Å². The van der Waals surface area contributed by atoms with Crippen LogP contribution in [0.4, 0.5) is 4.39 Å².